The largest absolute Gasteiger partial charge is 0.486 e. The van der Waals surface area contributed by atoms with Crippen LogP contribution >= 0.6 is 0 Å². The summed E-state index contributed by atoms with van der Waals surface area (Å²) < 4.78 is 11.0. The number of ether oxygens (including phenoxy) is 2. The zero-order valence-corrected chi connectivity index (χ0v) is 14.1. The normalized spacial score (nSPS) is 27.8. The quantitative estimate of drug-likeness (QED) is 0.727. The molecule has 0 bridgehead atoms. The van der Waals surface area contributed by atoms with Crippen molar-refractivity contribution in [3.8, 4) is 11.5 Å². The maximum absolute atomic E-state index is 12.4. The van der Waals surface area contributed by atoms with E-state index in [1.54, 1.807) is 18.2 Å². The van der Waals surface area contributed by atoms with E-state index in [0.717, 1.165) is 12.8 Å². The fourth-order valence-electron chi connectivity index (χ4n) is 3.94. The number of nitrogens with one attached hydrogen (secondary N) is 2. The molecule has 0 unspecified atom stereocenters. The van der Waals surface area contributed by atoms with Crippen LogP contribution in [0.3, 0.4) is 0 Å². The number of amides is 2. The Hall–Kier alpha value is -2.28. The summed E-state index contributed by atoms with van der Waals surface area (Å²) in [5, 5.41) is 8.04. The lowest BCUT2D eigenvalue weighted by Gasteiger charge is -2.37. The molecular weight excluding hydrogens is 322 g/mol. The van der Waals surface area contributed by atoms with Crippen LogP contribution in [-0.2, 0) is 9.59 Å². The molecule has 0 radical (unpaired) electrons. The molecule has 7 nitrogen and oxygen atoms in total. The molecule has 2 aliphatic heterocycles. The summed E-state index contributed by atoms with van der Waals surface area (Å²) in [6.45, 7) is 1.04. The van der Waals surface area contributed by atoms with Gasteiger partial charge in [0.05, 0.1) is 12.5 Å². The molecule has 25 heavy (non-hydrogen) atoms. The summed E-state index contributed by atoms with van der Waals surface area (Å²) in [6, 6.07) is 5.64. The Morgan fingerprint density at radius 2 is 2.00 bits per heavy atom. The topological polar surface area (TPSA) is 93.3 Å². The fraction of sp³-hybridized carbons (Fsp3) is 0.556. The molecule has 2 fully saturated rings. The van der Waals surface area contributed by atoms with Crippen LogP contribution in [0, 0.1) is 0 Å². The lowest BCUT2D eigenvalue weighted by atomic mass is 9.87. The number of benzene rings is 1. The van der Waals surface area contributed by atoms with Crippen LogP contribution in [0.2, 0.25) is 0 Å². The number of nitrogens with two attached hydrogens (primary N) is 1. The zero-order chi connectivity index (χ0) is 17.2. The van der Waals surface area contributed by atoms with Crippen LogP contribution in [0.15, 0.2) is 18.2 Å². The molecule has 0 aromatic heterocycles. The van der Waals surface area contributed by atoms with Gasteiger partial charge in [-0.2, -0.15) is 0 Å². The van der Waals surface area contributed by atoms with Crippen LogP contribution in [0.4, 0.5) is 5.69 Å². The number of hydrogen-bond donors (Lipinski definition) is 3. The molecule has 1 saturated carbocycles. The highest BCUT2D eigenvalue weighted by Crippen LogP contribution is 2.32. The molecule has 2 amide bonds. The van der Waals surface area contributed by atoms with Gasteiger partial charge in [0.15, 0.2) is 17.5 Å². The van der Waals surface area contributed by atoms with Crippen LogP contribution < -0.4 is 25.4 Å². The van der Waals surface area contributed by atoms with Crippen LogP contribution in [0.5, 0.6) is 11.5 Å². The van der Waals surface area contributed by atoms with Gasteiger partial charge in [-0.05, 0) is 25.0 Å². The number of rotatable bonds is 3. The second-order valence-corrected chi connectivity index (χ2v) is 6.97. The van der Waals surface area contributed by atoms with Crippen LogP contribution in [-0.4, -0.2) is 43.2 Å². The molecule has 7 heteroatoms. The molecule has 3 atom stereocenters. The maximum Gasteiger partial charge on any atom is 0.279 e. The molecule has 2 heterocycles. The first-order valence-electron chi connectivity index (χ1n) is 9.04. The predicted molar refractivity (Wildman–Crippen MR) is 90.6 cm³/mol. The summed E-state index contributed by atoms with van der Waals surface area (Å²) in [5.41, 5.74) is 0.654. The molecule has 1 aliphatic carbocycles. The minimum atomic E-state index is -0.350. The van der Waals surface area contributed by atoms with Gasteiger partial charge in [0.2, 0.25) is 5.91 Å². The number of quaternary nitrogens is 1. The smallest absolute Gasteiger partial charge is 0.279 e. The van der Waals surface area contributed by atoms with E-state index in [2.05, 4.69) is 16.0 Å². The fourth-order valence-corrected chi connectivity index (χ4v) is 3.94. The van der Waals surface area contributed by atoms with Crippen molar-refractivity contribution in [1.29, 1.82) is 0 Å². The summed E-state index contributed by atoms with van der Waals surface area (Å²) in [5.74, 6) is 1.13. The number of carbonyl (C=O) groups excluding carboxylic acids is 2. The van der Waals surface area contributed by atoms with Gasteiger partial charge >= 0.3 is 0 Å². The van der Waals surface area contributed by atoms with Crippen LogP contribution in [0.25, 0.3) is 0 Å². The third-order valence-corrected chi connectivity index (χ3v) is 5.19. The summed E-state index contributed by atoms with van der Waals surface area (Å²) >= 11 is 0. The first kappa shape index (κ1) is 16.2. The molecule has 3 aliphatic rings. The first-order valence-corrected chi connectivity index (χ1v) is 9.04. The average Bonchev–Trinajstić information content (AvgIpc) is 2.62. The number of piperazine rings is 1. The van der Waals surface area contributed by atoms with Crippen molar-refractivity contribution in [2.45, 2.75) is 50.2 Å². The Balaban J connectivity index is 1.36. The number of hydrogen-bond acceptors (Lipinski definition) is 4. The Bertz CT molecular complexity index is 678. The van der Waals surface area contributed by atoms with Crippen molar-refractivity contribution in [2.24, 2.45) is 0 Å². The van der Waals surface area contributed by atoms with Crippen molar-refractivity contribution >= 4 is 17.5 Å². The van der Waals surface area contributed by atoms with Gasteiger partial charge in [0, 0.05) is 18.2 Å². The molecule has 4 N–H and O–H groups in total. The van der Waals surface area contributed by atoms with Gasteiger partial charge in [-0.15, -0.1) is 0 Å². The second kappa shape index (κ2) is 6.92. The zero-order valence-electron chi connectivity index (χ0n) is 14.1. The van der Waals surface area contributed by atoms with E-state index in [4.69, 9.17) is 9.47 Å². The maximum atomic E-state index is 12.4. The van der Waals surface area contributed by atoms with Gasteiger partial charge in [0.1, 0.15) is 19.3 Å². The highest BCUT2D eigenvalue weighted by Gasteiger charge is 2.40. The second-order valence-electron chi connectivity index (χ2n) is 6.97. The highest BCUT2D eigenvalue weighted by atomic mass is 16.6. The van der Waals surface area contributed by atoms with Crippen molar-refractivity contribution in [1.82, 2.24) is 5.32 Å². The van der Waals surface area contributed by atoms with Gasteiger partial charge in [-0.1, -0.05) is 6.42 Å². The monoisotopic (exact) mass is 346 g/mol. The van der Waals surface area contributed by atoms with Crippen molar-refractivity contribution in [2.75, 3.05) is 18.5 Å². The van der Waals surface area contributed by atoms with Crippen molar-refractivity contribution in [3.63, 3.8) is 0 Å². The van der Waals surface area contributed by atoms with Crippen LogP contribution in [0.1, 0.15) is 32.1 Å². The Labute approximate surface area is 146 Å². The summed E-state index contributed by atoms with van der Waals surface area (Å²) in [4.78, 5) is 24.6. The minimum absolute atomic E-state index is 0.0273. The van der Waals surface area contributed by atoms with E-state index in [9.17, 15) is 9.59 Å². The molecule has 1 aromatic carbocycles. The highest BCUT2D eigenvalue weighted by molar-refractivity contribution is 5.95. The van der Waals surface area contributed by atoms with E-state index < -0.39 is 0 Å². The number of carbonyl (C=O) groups is 2. The molecule has 134 valence electrons. The third kappa shape index (κ3) is 3.56. The number of anilines is 1. The van der Waals surface area contributed by atoms with Gasteiger partial charge in [-0.25, -0.2) is 0 Å². The lowest BCUT2D eigenvalue weighted by molar-refractivity contribution is -0.718. The van der Waals surface area contributed by atoms with E-state index in [-0.39, 0.29) is 30.3 Å². The molecule has 4 rings (SSSR count). The molecular formula is C18H24N3O4+. The molecule has 1 saturated heterocycles. The lowest BCUT2D eigenvalue weighted by Crippen LogP contribution is -3.03. The third-order valence-electron chi connectivity index (χ3n) is 5.19. The summed E-state index contributed by atoms with van der Waals surface area (Å²) in [6.07, 6.45) is 4.69. The minimum Gasteiger partial charge on any atom is -0.486 e. The Morgan fingerprint density at radius 1 is 1.20 bits per heavy atom. The standard InChI is InChI=1S/C18H23N3O4/c22-17(19-11-5-6-15-16(9-11)25-8-7-24-15)10-14-18(23)21-13-4-2-1-3-12(13)20-14/h5-6,9,12-14,20H,1-4,7-8,10H2,(H,19,22)(H,21,23)/p+1/t12-,13+,14+/m0/s1. The van der Waals surface area contributed by atoms with Crippen molar-refractivity contribution in [3.05, 3.63) is 18.2 Å². The summed E-state index contributed by atoms with van der Waals surface area (Å²) in [7, 11) is 0. The first-order chi connectivity index (χ1) is 12.2. The van der Waals surface area contributed by atoms with E-state index >= 15 is 0 Å². The van der Waals surface area contributed by atoms with Crippen molar-refractivity contribution < 1.29 is 24.4 Å². The van der Waals surface area contributed by atoms with Gasteiger partial charge < -0.3 is 25.4 Å². The van der Waals surface area contributed by atoms with Gasteiger partial charge in [-0.3, -0.25) is 9.59 Å². The van der Waals surface area contributed by atoms with E-state index in [1.807, 2.05) is 0 Å². The van der Waals surface area contributed by atoms with E-state index in [1.165, 1.54) is 12.8 Å². The Kier molecular flexibility index (Phi) is 4.48. The molecule has 0 spiro atoms. The van der Waals surface area contributed by atoms with Gasteiger partial charge in [0.25, 0.3) is 5.91 Å². The number of fused-ring (bicyclic) bond motifs is 2. The Morgan fingerprint density at radius 3 is 2.88 bits per heavy atom. The van der Waals surface area contributed by atoms with E-state index in [0.29, 0.717) is 36.4 Å². The average molecular weight is 346 g/mol. The predicted octanol–water partition coefficient (Wildman–Crippen LogP) is 0.159. The molecule has 1 aromatic rings. The SMILES string of the molecule is O=C(C[C@H]1[NH2+][C@H]2CCCC[C@H]2NC1=O)Nc1ccc2c(c1)OCCO2.